The molecule has 7 rings (SSSR count). The predicted octanol–water partition coefficient (Wildman–Crippen LogP) is 8.20. The number of pyridine rings is 2. The first-order valence-corrected chi connectivity index (χ1v) is 19.3. The second-order valence-electron chi connectivity index (χ2n) is 13.1. The maximum absolute atomic E-state index is 13.4. The van der Waals surface area contributed by atoms with Gasteiger partial charge in [-0.05, 0) is 74.5 Å². The Labute approximate surface area is 320 Å². The molecule has 6 aromatic rings. The van der Waals surface area contributed by atoms with Crippen molar-refractivity contribution in [2.45, 2.75) is 12.8 Å². The number of hydrogen-bond donors (Lipinski definition) is 2. The van der Waals surface area contributed by atoms with Crippen molar-refractivity contribution in [3.8, 4) is 22.5 Å². The zero-order valence-electron chi connectivity index (χ0n) is 28.8. The highest BCUT2D eigenvalue weighted by atomic mass is 79.9. The zero-order valence-corrected chi connectivity index (χ0v) is 32.0. The highest BCUT2D eigenvalue weighted by Crippen LogP contribution is 2.28. The van der Waals surface area contributed by atoms with Crippen molar-refractivity contribution < 1.29 is 9.59 Å². The average molecular weight is 821 g/mol. The highest BCUT2D eigenvalue weighted by molar-refractivity contribution is 9.10. The number of amides is 2. The lowest BCUT2D eigenvalue weighted by Gasteiger charge is -2.34. The van der Waals surface area contributed by atoms with E-state index in [4.69, 9.17) is 9.97 Å². The Balaban J connectivity index is 0.850. The Bertz CT molecular complexity index is 2060. The molecule has 0 bridgehead atoms. The van der Waals surface area contributed by atoms with Gasteiger partial charge in [-0.1, -0.05) is 92.5 Å². The number of aromatic nitrogens is 2. The Kier molecular flexibility index (Phi) is 11.7. The fourth-order valence-electron chi connectivity index (χ4n) is 6.75. The van der Waals surface area contributed by atoms with E-state index in [1.165, 1.54) is 0 Å². The summed E-state index contributed by atoms with van der Waals surface area (Å²) in [6, 6.07) is 35.4. The summed E-state index contributed by atoms with van der Waals surface area (Å²) in [6.45, 7) is 7.06. The Hall–Kier alpha value is -4.48. The third-order valence-corrected chi connectivity index (χ3v) is 10.5. The molecule has 4 aromatic carbocycles. The first-order chi connectivity index (χ1) is 25.4. The maximum Gasteiger partial charge on any atom is 0.252 e. The van der Waals surface area contributed by atoms with E-state index in [9.17, 15) is 9.59 Å². The van der Waals surface area contributed by atoms with Crippen molar-refractivity contribution >= 4 is 65.5 Å². The lowest BCUT2D eigenvalue weighted by Crippen LogP contribution is -2.47. The van der Waals surface area contributed by atoms with Crippen molar-refractivity contribution in [3.63, 3.8) is 0 Å². The van der Waals surface area contributed by atoms with E-state index in [-0.39, 0.29) is 11.8 Å². The Morgan fingerprint density at radius 2 is 0.981 bits per heavy atom. The molecule has 1 fully saturated rings. The zero-order chi connectivity index (χ0) is 35.9. The number of carbonyl (C=O) groups excluding carboxylic acids is 2. The molecule has 0 saturated carbocycles. The third kappa shape index (κ3) is 8.75. The van der Waals surface area contributed by atoms with Gasteiger partial charge >= 0.3 is 0 Å². The molecule has 0 spiro atoms. The standard InChI is InChI=1S/C42H40Br2N6O2/c43-31-11-5-9-29(25-31)39-27-35(33-13-1-3-15-37(33)47-39)41(51)45-17-7-19-49-21-23-50(24-22-49)20-8-18-46-42(52)36-28-40(30-10-6-12-32(44)26-30)48-38-16-4-2-14-34(36)38/h1-6,9-16,25-28H,7-8,17-24H2,(H,45,51)(H,46,52). The second-order valence-corrected chi connectivity index (χ2v) is 14.9. The average Bonchev–Trinajstić information content (AvgIpc) is 3.17. The number of nitrogens with zero attached hydrogens (tertiary/aromatic N) is 4. The highest BCUT2D eigenvalue weighted by Gasteiger charge is 2.18. The minimum atomic E-state index is -0.0752. The number of fused-ring (bicyclic) bond motifs is 2. The van der Waals surface area contributed by atoms with Gasteiger partial charge in [0.15, 0.2) is 0 Å². The summed E-state index contributed by atoms with van der Waals surface area (Å²) in [4.78, 5) is 41.4. The summed E-state index contributed by atoms with van der Waals surface area (Å²) >= 11 is 7.09. The Morgan fingerprint density at radius 3 is 1.40 bits per heavy atom. The number of piperazine rings is 1. The molecule has 2 aromatic heterocycles. The molecule has 1 aliphatic heterocycles. The fourth-order valence-corrected chi connectivity index (χ4v) is 7.55. The smallest absolute Gasteiger partial charge is 0.252 e. The van der Waals surface area contributed by atoms with Gasteiger partial charge in [0.25, 0.3) is 11.8 Å². The van der Waals surface area contributed by atoms with Crippen LogP contribution in [-0.4, -0.2) is 83.9 Å². The minimum Gasteiger partial charge on any atom is -0.352 e. The summed E-state index contributed by atoms with van der Waals surface area (Å²) < 4.78 is 1.94. The van der Waals surface area contributed by atoms with Gasteiger partial charge in [-0.15, -0.1) is 0 Å². The molecule has 8 nitrogen and oxygen atoms in total. The van der Waals surface area contributed by atoms with Gasteiger partial charge < -0.3 is 20.4 Å². The van der Waals surface area contributed by atoms with Crippen LogP contribution in [0, 0.1) is 0 Å². The van der Waals surface area contributed by atoms with Crippen molar-refractivity contribution in [2.75, 3.05) is 52.4 Å². The quantitative estimate of drug-likeness (QED) is 0.121. The van der Waals surface area contributed by atoms with Crippen LogP contribution in [0.25, 0.3) is 44.3 Å². The predicted molar refractivity (Wildman–Crippen MR) is 217 cm³/mol. The summed E-state index contributed by atoms with van der Waals surface area (Å²) in [5.41, 5.74) is 6.37. The third-order valence-electron chi connectivity index (χ3n) is 9.50. The van der Waals surface area contributed by atoms with Crippen LogP contribution in [0.3, 0.4) is 0 Å². The topological polar surface area (TPSA) is 90.5 Å². The molecule has 0 aliphatic carbocycles. The molecule has 0 unspecified atom stereocenters. The number of hydrogen-bond acceptors (Lipinski definition) is 6. The van der Waals surface area contributed by atoms with Crippen LogP contribution in [0.15, 0.2) is 118 Å². The Morgan fingerprint density at radius 1 is 0.558 bits per heavy atom. The van der Waals surface area contributed by atoms with Crippen molar-refractivity contribution in [2.24, 2.45) is 0 Å². The molecule has 1 saturated heterocycles. The molecular weight excluding hydrogens is 780 g/mol. The van der Waals surface area contributed by atoms with Crippen LogP contribution < -0.4 is 10.6 Å². The number of halogens is 2. The van der Waals surface area contributed by atoms with E-state index in [1.54, 1.807) is 0 Å². The van der Waals surface area contributed by atoms with Crippen LogP contribution in [0.5, 0.6) is 0 Å². The van der Waals surface area contributed by atoms with Crippen molar-refractivity contribution in [1.82, 2.24) is 30.4 Å². The lowest BCUT2D eigenvalue weighted by atomic mass is 10.0. The molecule has 264 valence electrons. The molecule has 52 heavy (non-hydrogen) atoms. The van der Waals surface area contributed by atoms with Gasteiger partial charge in [-0.25, -0.2) is 9.97 Å². The fraction of sp³-hybridized carbons (Fsp3) is 0.238. The van der Waals surface area contributed by atoms with Crippen LogP contribution in [0.4, 0.5) is 0 Å². The normalized spacial score (nSPS) is 13.7. The molecular formula is C42H40Br2N6O2. The van der Waals surface area contributed by atoms with E-state index in [1.807, 2.05) is 109 Å². The largest absolute Gasteiger partial charge is 0.352 e. The SMILES string of the molecule is O=C(NCCCN1CCN(CCCNC(=O)c2cc(-c3cccc(Br)c3)nc3ccccc23)CC1)c1cc(-c2cccc(Br)c2)nc2ccccc12. The van der Waals surface area contributed by atoms with E-state index in [0.29, 0.717) is 24.2 Å². The summed E-state index contributed by atoms with van der Waals surface area (Å²) in [5, 5.41) is 8.02. The number of nitrogens with one attached hydrogen (secondary N) is 2. The van der Waals surface area contributed by atoms with Gasteiger partial charge in [0, 0.05) is 70.1 Å². The van der Waals surface area contributed by atoms with Gasteiger partial charge in [0.05, 0.1) is 33.5 Å². The first-order valence-electron chi connectivity index (χ1n) is 17.7. The number of para-hydroxylation sites is 2. The summed E-state index contributed by atoms with van der Waals surface area (Å²) in [6.07, 6.45) is 1.76. The molecule has 3 heterocycles. The van der Waals surface area contributed by atoms with Gasteiger partial charge in [0.1, 0.15) is 0 Å². The number of carbonyl (C=O) groups is 2. The monoisotopic (exact) mass is 818 g/mol. The van der Waals surface area contributed by atoms with Gasteiger partial charge in [0.2, 0.25) is 0 Å². The second kappa shape index (κ2) is 16.9. The minimum absolute atomic E-state index is 0.0752. The van der Waals surface area contributed by atoms with Crippen LogP contribution in [0.1, 0.15) is 33.6 Å². The number of rotatable bonds is 12. The van der Waals surface area contributed by atoms with Gasteiger partial charge in [-0.3, -0.25) is 9.59 Å². The molecule has 10 heteroatoms. The van der Waals surface area contributed by atoms with E-state index >= 15 is 0 Å². The first kappa shape index (κ1) is 35.9. The van der Waals surface area contributed by atoms with E-state index < -0.39 is 0 Å². The molecule has 2 N–H and O–H groups in total. The van der Waals surface area contributed by atoms with Gasteiger partial charge in [-0.2, -0.15) is 0 Å². The lowest BCUT2D eigenvalue weighted by molar-refractivity contribution is 0.0936. The number of benzene rings is 4. The van der Waals surface area contributed by atoms with Crippen molar-refractivity contribution in [1.29, 1.82) is 0 Å². The molecule has 1 aliphatic rings. The van der Waals surface area contributed by atoms with Crippen molar-refractivity contribution in [3.05, 3.63) is 129 Å². The van der Waals surface area contributed by atoms with Crippen LogP contribution in [0.2, 0.25) is 0 Å². The van der Waals surface area contributed by atoms with Crippen LogP contribution in [-0.2, 0) is 0 Å². The molecule has 2 amide bonds. The maximum atomic E-state index is 13.4. The van der Waals surface area contributed by atoms with E-state index in [0.717, 1.165) is 105 Å². The summed E-state index contributed by atoms with van der Waals surface area (Å²) in [5.74, 6) is -0.150. The van der Waals surface area contributed by atoms with E-state index in [2.05, 4.69) is 52.3 Å². The molecule has 0 radical (unpaired) electrons. The summed E-state index contributed by atoms with van der Waals surface area (Å²) in [7, 11) is 0. The van der Waals surface area contributed by atoms with Crippen LogP contribution >= 0.6 is 31.9 Å². The molecule has 0 atom stereocenters.